The van der Waals surface area contributed by atoms with Gasteiger partial charge in [0, 0.05) is 15.8 Å². The summed E-state index contributed by atoms with van der Waals surface area (Å²) in [5.41, 5.74) is 2.79. The van der Waals surface area contributed by atoms with E-state index in [-0.39, 0.29) is 5.91 Å². The first kappa shape index (κ1) is 14.0. The highest BCUT2D eigenvalue weighted by atomic mass is 32.1. The van der Waals surface area contributed by atoms with Crippen molar-refractivity contribution in [2.45, 2.75) is 6.92 Å². The molecule has 1 amide bonds. The molecule has 0 radical (unpaired) electrons. The van der Waals surface area contributed by atoms with Crippen LogP contribution in [0.1, 0.15) is 15.2 Å². The molecule has 4 rings (SSSR count). The summed E-state index contributed by atoms with van der Waals surface area (Å²) >= 11 is 3.10. The summed E-state index contributed by atoms with van der Waals surface area (Å²) in [6.45, 7) is 2.06. The summed E-state index contributed by atoms with van der Waals surface area (Å²) in [6.07, 6.45) is 0. The first-order valence-corrected chi connectivity index (χ1v) is 8.53. The third-order valence-corrected chi connectivity index (χ3v) is 5.08. The minimum absolute atomic E-state index is 0.210. The molecule has 2 N–H and O–H groups in total. The van der Waals surface area contributed by atoms with Crippen LogP contribution in [0, 0.1) is 6.92 Å². The normalized spacial score (nSPS) is 11.0. The summed E-state index contributed by atoms with van der Waals surface area (Å²) in [6, 6.07) is 9.28. The Bertz CT molecular complexity index is 1000. The van der Waals surface area contributed by atoms with Crippen LogP contribution in [0.25, 0.3) is 21.6 Å². The molecule has 0 spiro atoms. The number of carbonyl (C=O) groups excluding carboxylic acids is 1. The third-order valence-electron chi connectivity index (χ3n) is 3.30. The predicted molar refractivity (Wildman–Crippen MR) is 92.0 cm³/mol. The smallest absolute Gasteiger partial charge is 0.257 e. The number of thiazole rings is 1. The van der Waals surface area contributed by atoms with Crippen molar-refractivity contribution in [3.05, 3.63) is 46.2 Å². The van der Waals surface area contributed by atoms with Gasteiger partial charge in [0.25, 0.3) is 5.91 Å². The van der Waals surface area contributed by atoms with Crippen LogP contribution in [-0.4, -0.2) is 26.3 Å². The van der Waals surface area contributed by atoms with Crippen molar-refractivity contribution in [1.29, 1.82) is 0 Å². The summed E-state index contributed by atoms with van der Waals surface area (Å²) in [7, 11) is 0. The Morgan fingerprint density at radius 1 is 1.17 bits per heavy atom. The van der Waals surface area contributed by atoms with Gasteiger partial charge in [0.05, 0.1) is 10.6 Å². The lowest BCUT2D eigenvalue weighted by Gasteiger charge is -2.01. The minimum atomic E-state index is -0.210. The largest absolute Gasteiger partial charge is 0.298 e. The second kappa shape index (κ2) is 5.56. The highest BCUT2D eigenvalue weighted by Crippen LogP contribution is 2.30. The summed E-state index contributed by atoms with van der Waals surface area (Å²) in [5, 5.41) is 15.8. The van der Waals surface area contributed by atoms with Gasteiger partial charge in [0.1, 0.15) is 11.0 Å². The summed E-state index contributed by atoms with van der Waals surface area (Å²) in [5.74, 6) is -0.210. The SMILES string of the molecule is Cc1ccc(-c2csc(NC(=O)c3ccc4n[nH]nc4c3)n2)s1. The van der Waals surface area contributed by atoms with Gasteiger partial charge in [0.15, 0.2) is 5.13 Å². The zero-order valence-electron chi connectivity index (χ0n) is 12.0. The number of anilines is 1. The number of amides is 1. The van der Waals surface area contributed by atoms with Crippen molar-refractivity contribution < 1.29 is 4.79 Å². The molecule has 4 aromatic rings. The molecule has 0 saturated heterocycles. The molecule has 3 aromatic heterocycles. The molecule has 0 bridgehead atoms. The number of aryl methyl sites for hydroxylation is 1. The maximum atomic E-state index is 12.3. The molecule has 3 heterocycles. The summed E-state index contributed by atoms with van der Waals surface area (Å²) in [4.78, 5) is 19.1. The Labute approximate surface area is 139 Å². The molecule has 1 aromatic carbocycles. The Balaban J connectivity index is 1.55. The van der Waals surface area contributed by atoms with Gasteiger partial charge in [-0.1, -0.05) is 0 Å². The molecule has 0 saturated carbocycles. The number of carbonyl (C=O) groups is 1. The Morgan fingerprint density at radius 3 is 2.87 bits per heavy atom. The molecule has 0 atom stereocenters. The Morgan fingerprint density at radius 2 is 2.04 bits per heavy atom. The van der Waals surface area contributed by atoms with Gasteiger partial charge >= 0.3 is 0 Å². The molecule has 8 heteroatoms. The van der Waals surface area contributed by atoms with Crippen molar-refractivity contribution >= 4 is 44.7 Å². The number of H-pyrrole nitrogens is 1. The van der Waals surface area contributed by atoms with E-state index in [1.165, 1.54) is 16.2 Å². The molecule has 0 unspecified atom stereocenters. The highest BCUT2D eigenvalue weighted by molar-refractivity contribution is 7.17. The lowest BCUT2D eigenvalue weighted by atomic mass is 10.2. The third kappa shape index (κ3) is 2.73. The van der Waals surface area contributed by atoms with E-state index in [0.29, 0.717) is 16.2 Å². The molecule has 6 nitrogen and oxygen atoms in total. The number of hydrogen-bond acceptors (Lipinski definition) is 6. The second-order valence-corrected chi connectivity index (χ2v) is 7.08. The predicted octanol–water partition coefficient (Wildman–Crippen LogP) is 3.70. The van der Waals surface area contributed by atoms with Gasteiger partial charge in [-0.05, 0) is 37.3 Å². The van der Waals surface area contributed by atoms with Crippen molar-refractivity contribution in [1.82, 2.24) is 20.4 Å². The number of benzene rings is 1. The first-order valence-electron chi connectivity index (χ1n) is 6.83. The summed E-state index contributed by atoms with van der Waals surface area (Å²) < 4.78 is 0. The molecular formula is C15H11N5OS2. The van der Waals surface area contributed by atoms with Crippen molar-refractivity contribution in [2.75, 3.05) is 5.32 Å². The average Bonchev–Trinajstić information content (AvgIpc) is 3.26. The molecule has 0 aliphatic heterocycles. The van der Waals surface area contributed by atoms with Crippen LogP contribution in [0.15, 0.2) is 35.7 Å². The zero-order chi connectivity index (χ0) is 15.8. The van der Waals surface area contributed by atoms with E-state index in [0.717, 1.165) is 16.1 Å². The van der Waals surface area contributed by atoms with Crippen LogP contribution in [0.2, 0.25) is 0 Å². The first-order chi connectivity index (χ1) is 11.2. The standard InChI is InChI=1S/C15H11N5OS2/c1-8-2-5-13(23-8)12-7-22-15(16-12)17-14(21)9-3-4-10-11(6-9)19-20-18-10/h2-7H,1H3,(H,16,17,21)(H,18,19,20). The monoisotopic (exact) mass is 341 g/mol. The van der Waals surface area contributed by atoms with Gasteiger partial charge < -0.3 is 0 Å². The molecule has 0 aliphatic carbocycles. The van der Waals surface area contributed by atoms with E-state index in [1.54, 1.807) is 29.5 Å². The van der Waals surface area contributed by atoms with Crippen LogP contribution in [0.5, 0.6) is 0 Å². The van der Waals surface area contributed by atoms with Crippen LogP contribution in [-0.2, 0) is 0 Å². The fraction of sp³-hybridized carbons (Fsp3) is 0.0667. The number of aromatic nitrogens is 4. The lowest BCUT2D eigenvalue weighted by molar-refractivity contribution is 0.102. The van der Waals surface area contributed by atoms with Gasteiger partial charge in [-0.2, -0.15) is 15.4 Å². The van der Waals surface area contributed by atoms with Crippen LogP contribution >= 0.6 is 22.7 Å². The lowest BCUT2D eigenvalue weighted by Crippen LogP contribution is -2.11. The van der Waals surface area contributed by atoms with Gasteiger partial charge in [-0.25, -0.2) is 4.98 Å². The zero-order valence-corrected chi connectivity index (χ0v) is 13.7. The van der Waals surface area contributed by atoms with Gasteiger partial charge in [0.2, 0.25) is 0 Å². The van der Waals surface area contributed by atoms with E-state index in [9.17, 15) is 4.79 Å². The highest BCUT2D eigenvalue weighted by Gasteiger charge is 2.12. The Hall–Kier alpha value is -2.58. The molecule has 0 aliphatic rings. The number of nitrogens with one attached hydrogen (secondary N) is 2. The number of hydrogen-bond donors (Lipinski definition) is 2. The van der Waals surface area contributed by atoms with Gasteiger partial charge in [-0.15, -0.1) is 22.7 Å². The van der Waals surface area contributed by atoms with Crippen molar-refractivity contribution in [2.24, 2.45) is 0 Å². The van der Waals surface area contributed by atoms with Crippen molar-refractivity contribution in [3.63, 3.8) is 0 Å². The fourth-order valence-electron chi connectivity index (χ4n) is 2.17. The maximum Gasteiger partial charge on any atom is 0.257 e. The minimum Gasteiger partial charge on any atom is -0.298 e. The number of fused-ring (bicyclic) bond motifs is 1. The van der Waals surface area contributed by atoms with E-state index >= 15 is 0 Å². The molecule has 114 valence electrons. The molecular weight excluding hydrogens is 330 g/mol. The van der Waals surface area contributed by atoms with Crippen LogP contribution in [0.4, 0.5) is 5.13 Å². The average molecular weight is 341 g/mol. The second-order valence-electron chi connectivity index (χ2n) is 4.93. The number of aromatic amines is 1. The van der Waals surface area contributed by atoms with Crippen molar-refractivity contribution in [3.8, 4) is 10.6 Å². The van der Waals surface area contributed by atoms with E-state index in [4.69, 9.17) is 0 Å². The van der Waals surface area contributed by atoms with E-state index < -0.39 is 0 Å². The molecule has 0 fully saturated rings. The van der Waals surface area contributed by atoms with Gasteiger partial charge in [-0.3, -0.25) is 10.1 Å². The maximum absolute atomic E-state index is 12.3. The molecule has 23 heavy (non-hydrogen) atoms. The topological polar surface area (TPSA) is 83.6 Å². The van der Waals surface area contributed by atoms with E-state index in [1.807, 2.05) is 11.4 Å². The van der Waals surface area contributed by atoms with Crippen LogP contribution in [0.3, 0.4) is 0 Å². The fourth-order valence-corrected chi connectivity index (χ4v) is 3.78. The Kier molecular flexibility index (Phi) is 3.40. The van der Waals surface area contributed by atoms with Crippen LogP contribution < -0.4 is 5.32 Å². The number of thiophene rings is 1. The van der Waals surface area contributed by atoms with E-state index in [2.05, 4.69) is 38.7 Å². The quantitative estimate of drug-likeness (QED) is 0.595. The number of rotatable bonds is 3. The number of nitrogens with zero attached hydrogens (tertiary/aromatic N) is 3.